The van der Waals surface area contributed by atoms with Gasteiger partial charge in [0, 0.05) is 12.3 Å². The van der Waals surface area contributed by atoms with E-state index in [4.69, 9.17) is 9.47 Å². The molecule has 0 saturated carbocycles. The average molecular weight is 273 g/mol. The van der Waals surface area contributed by atoms with Crippen LogP contribution in [0.5, 0.6) is 11.6 Å². The lowest BCUT2D eigenvalue weighted by Crippen LogP contribution is -2.03. The van der Waals surface area contributed by atoms with Crippen LogP contribution in [0.4, 0.5) is 0 Å². The van der Waals surface area contributed by atoms with E-state index in [0.29, 0.717) is 18.1 Å². The normalized spacial score (nSPS) is 9.90. The van der Waals surface area contributed by atoms with E-state index in [2.05, 4.69) is 9.72 Å². The lowest BCUT2D eigenvalue weighted by atomic mass is 10.2. The maximum Gasteiger partial charge on any atom is 0.338 e. The van der Waals surface area contributed by atoms with E-state index in [1.165, 1.54) is 13.3 Å². The van der Waals surface area contributed by atoms with Gasteiger partial charge in [0.25, 0.3) is 0 Å². The molecule has 0 aliphatic heterocycles. The van der Waals surface area contributed by atoms with E-state index in [-0.39, 0.29) is 0 Å². The van der Waals surface area contributed by atoms with Crippen LogP contribution in [0.3, 0.4) is 0 Å². The minimum atomic E-state index is -0.415. The Hall–Kier alpha value is -2.56. The van der Waals surface area contributed by atoms with Gasteiger partial charge in [-0.1, -0.05) is 12.1 Å². The molecule has 1 heterocycles. The van der Waals surface area contributed by atoms with Gasteiger partial charge in [0.15, 0.2) is 0 Å². The second-order valence-corrected chi connectivity index (χ2v) is 4.01. The summed E-state index contributed by atoms with van der Waals surface area (Å²) in [6, 6.07) is 10.7. The molecule has 0 aliphatic rings. The smallest absolute Gasteiger partial charge is 0.338 e. The van der Waals surface area contributed by atoms with Crippen LogP contribution in [0.15, 0.2) is 42.6 Å². The van der Waals surface area contributed by atoms with Gasteiger partial charge >= 0.3 is 5.97 Å². The molecule has 5 nitrogen and oxygen atoms in total. The molecule has 0 aliphatic carbocycles. The lowest BCUT2D eigenvalue weighted by molar-refractivity contribution is 0.0600. The second-order valence-electron chi connectivity index (χ2n) is 4.01. The van der Waals surface area contributed by atoms with E-state index in [9.17, 15) is 4.79 Å². The van der Waals surface area contributed by atoms with Crippen LogP contribution in [-0.2, 0) is 11.3 Å². The van der Waals surface area contributed by atoms with Crippen molar-refractivity contribution >= 4 is 5.97 Å². The molecule has 0 fully saturated rings. The van der Waals surface area contributed by atoms with E-state index in [1.807, 2.05) is 24.3 Å². The molecule has 20 heavy (non-hydrogen) atoms. The topological polar surface area (TPSA) is 57.7 Å². The van der Waals surface area contributed by atoms with Gasteiger partial charge in [-0.15, -0.1) is 0 Å². The highest BCUT2D eigenvalue weighted by molar-refractivity contribution is 5.89. The first-order chi connectivity index (χ1) is 9.72. The molecule has 0 spiro atoms. The first-order valence-electron chi connectivity index (χ1n) is 6.03. The summed E-state index contributed by atoms with van der Waals surface area (Å²) in [7, 11) is 2.95. The highest BCUT2D eigenvalue weighted by Gasteiger charge is 2.07. The number of carbonyl (C=O) groups excluding carboxylic acids is 1. The van der Waals surface area contributed by atoms with Crippen molar-refractivity contribution in [1.82, 2.24) is 4.98 Å². The molecule has 0 atom stereocenters. The minimum Gasteiger partial charge on any atom is -0.497 e. The molecule has 0 unspecified atom stereocenters. The van der Waals surface area contributed by atoms with Gasteiger partial charge < -0.3 is 14.2 Å². The lowest BCUT2D eigenvalue weighted by Gasteiger charge is -2.07. The number of hydrogen-bond acceptors (Lipinski definition) is 5. The Morgan fingerprint density at radius 3 is 2.55 bits per heavy atom. The Balaban J connectivity index is 2.01. The standard InChI is InChI=1S/C15H15NO4/c1-18-13-5-3-11(4-6-13)10-20-14-9-12(7-8-16-14)15(17)19-2/h3-9H,10H2,1-2H3. The van der Waals surface area contributed by atoms with Gasteiger partial charge in [0.1, 0.15) is 12.4 Å². The van der Waals surface area contributed by atoms with Gasteiger partial charge in [-0.2, -0.15) is 0 Å². The quantitative estimate of drug-likeness (QED) is 0.783. The number of carbonyl (C=O) groups is 1. The highest BCUT2D eigenvalue weighted by atomic mass is 16.5. The van der Waals surface area contributed by atoms with Crippen molar-refractivity contribution < 1.29 is 19.0 Å². The Kier molecular flexibility index (Phi) is 4.55. The number of benzene rings is 1. The van der Waals surface area contributed by atoms with Crippen molar-refractivity contribution in [2.75, 3.05) is 14.2 Å². The molecule has 0 radical (unpaired) electrons. The molecule has 1 aromatic carbocycles. The molecular formula is C15H15NO4. The fourth-order valence-electron chi connectivity index (χ4n) is 1.61. The Morgan fingerprint density at radius 1 is 1.15 bits per heavy atom. The Bertz CT molecular complexity index is 581. The first kappa shape index (κ1) is 13.9. The van der Waals surface area contributed by atoms with Gasteiger partial charge in [0.2, 0.25) is 5.88 Å². The third-order valence-corrected chi connectivity index (χ3v) is 2.70. The molecule has 0 bridgehead atoms. The average Bonchev–Trinajstić information content (AvgIpc) is 2.53. The fraction of sp³-hybridized carbons (Fsp3) is 0.200. The van der Waals surface area contributed by atoms with Crippen LogP contribution in [0, 0.1) is 0 Å². The predicted molar refractivity (Wildman–Crippen MR) is 72.9 cm³/mol. The van der Waals surface area contributed by atoms with Crippen LogP contribution >= 0.6 is 0 Å². The molecule has 0 N–H and O–H groups in total. The van der Waals surface area contributed by atoms with Crippen molar-refractivity contribution in [3.63, 3.8) is 0 Å². The van der Waals surface area contributed by atoms with Gasteiger partial charge in [-0.05, 0) is 23.8 Å². The van der Waals surface area contributed by atoms with Gasteiger partial charge in [0.05, 0.1) is 19.8 Å². The number of rotatable bonds is 5. The minimum absolute atomic E-state index is 0.363. The van der Waals surface area contributed by atoms with Gasteiger partial charge in [-0.25, -0.2) is 9.78 Å². The molecule has 2 aromatic rings. The summed E-state index contributed by atoms with van der Waals surface area (Å²) in [5.41, 5.74) is 1.39. The van der Waals surface area contributed by atoms with Crippen molar-refractivity contribution in [2.45, 2.75) is 6.61 Å². The molecule has 0 amide bonds. The molecule has 2 rings (SSSR count). The molecule has 0 saturated heterocycles. The number of nitrogens with zero attached hydrogens (tertiary/aromatic N) is 1. The highest BCUT2D eigenvalue weighted by Crippen LogP contribution is 2.15. The van der Waals surface area contributed by atoms with Crippen LogP contribution < -0.4 is 9.47 Å². The second kappa shape index (κ2) is 6.56. The Morgan fingerprint density at radius 2 is 1.90 bits per heavy atom. The van der Waals surface area contributed by atoms with Crippen molar-refractivity contribution in [3.05, 3.63) is 53.7 Å². The summed E-state index contributed by atoms with van der Waals surface area (Å²) in [5.74, 6) is 0.755. The molecular weight excluding hydrogens is 258 g/mol. The van der Waals surface area contributed by atoms with E-state index >= 15 is 0 Å². The van der Waals surface area contributed by atoms with E-state index in [0.717, 1.165) is 11.3 Å². The van der Waals surface area contributed by atoms with Crippen LogP contribution in [0.1, 0.15) is 15.9 Å². The molecule has 5 heteroatoms. The maximum atomic E-state index is 11.4. The van der Waals surface area contributed by atoms with Crippen LogP contribution in [0.2, 0.25) is 0 Å². The number of hydrogen-bond donors (Lipinski definition) is 0. The maximum absolute atomic E-state index is 11.4. The fourth-order valence-corrected chi connectivity index (χ4v) is 1.61. The van der Waals surface area contributed by atoms with E-state index in [1.54, 1.807) is 19.2 Å². The largest absolute Gasteiger partial charge is 0.497 e. The zero-order valence-electron chi connectivity index (χ0n) is 11.3. The number of pyridine rings is 1. The zero-order chi connectivity index (χ0) is 14.4. The zero-order valence-corrected chi connectivity index (χ0v) is 11.3. The van der Waals surface area contributed by atoms with Crippen molar-refractivity contribution in [3.8, 4) is 11.6 Å². The third-order valence-electron chi connectivity index (χ3n) is 2.70. The molecule has 1 aromatic heterocycles. The monoisotopic (exact) mass is 273 g/mol. The number of methoxy groups -OCH3 is 2. The van der Waals surface area contributed by atoms with Crippen molar-refractivity contribution in [2.24, 2.45) is 0 Å². The summed E-state index contributed by atoms with van der Waals surface area (Å²) in [4.78, 5) is 15.4. The SMILES string of the molecule is COC(=O)c1ccnc(OCc2ccc(OC)cc2)c1. The summed E-state index contributed by atoms with van der Waals surface area (Å²) in [6.45, 7) is 0.363. The summed E-state index contributed by atoms with van der Waals surface area (Å²) in [5, 5.41) is 0. The number of ether oxygens (including phenoxy) is 3. The third kappa shape index (κ3) is 3.47. The number of aromatic nitrogens is 1. The predicted octanol–water partition coefficient (Wildman–Crippen LogP) is 2.46. The summed E-state index contributed by atoms with van der Waals surface area (Å²) >= 11 is 0. The Labute approximate surface area is 117 Å². The van der Waals surface area contributed by atoms with Crippen LogP contribution in [0.25, 0.3) is 0 Å². The first-order valence-corrected chi connectivity index (χ1v) is 6.03. The van der Waals surface area contributed by atoms with Crippen LogP contribution in [-0.4, -0.2) is 25.2 Å². The summed E-state index contributed by atoms with van der Waals surface area (Å²) in [6.07, 6.45) is 1.51. The molecule has 104 valence electrons. The van der Waals surface area contributed by atoms with Crippen molar-refractivity contribution in [1.29, 1.82) is 0 Å². The number of esters is 1. The van der Waals surface area contributed by atoms with Gasteiger partial charge in [-0.3, -0.25) is 0 Å². The van der Waals surface area contributed by atoms with E-state index < -0.39 is 5.97 Å². The summed E-state index contributed by atoms with van der Waals surface area (Å²) < 4.78 is 15.3.